The van der Waals surface area contributed by atoms with Crippen LogP contribution in [0.15, 0.2) is 36.8 Å². The maximum absolute atomic E-state index is 14.0. The van der Waals surface area contributed by atoms with Crippen molar-refractivity contribution in [3.05, 3.63) is 59.3 Å². The Balaban J connectivity index is 1.41. The van der Waals surface area contributed by atoms with Gasteiger partial charge < -0.3 is 14.6 Å². The summed E-state index contributed by atoms with van der Waals surface area (Å²) in [5.41, 5.74) is 2.19. The zero-order chi connectivity index (χ0) is 25.8. The van der Waals surface area contributed by atoms with Crippen molar-refractivity contribution in [3.63, 3.8) is 0 Å². The lowest BCUT2D eigenvalue weighted by atomic mass is 9.88. The first kappa shape index (κ1) is 24.0. The van der Waals surface area contributed by atoms with Crippen LogP contribution in [0.3, 0.4) is 0 Å². The van der Waals surface area contributed by atoms with Crippen LogP contribution in [0, 0.1) is 0 Å². The molecule has 3 aromatic rings. The van der Waals surface area contributed by atoms with Crippen LogP contribution in [0.4, 0.5) is 34.1 Å². The molecule has 190 valence electrons. The average Bonchev–Trinajstić information content (AvgIpc) is 3.42. The molecule has 2 aromatic heterocycles. The highest BCUT2D eigenvalue weighted by Crippen LogP contribution is 2.39. The fraction of sp³-hybridized carbons (Fsp3) is 0.417. The van der Waals surface area contributed by atoms with Crippen LogP contribution in [0.5, 0.6) is 0 Å². The summed E-state index contributed by atoms with van der Waals surface area (Å²) in [6.07, 6.45) is -2.82. The lowest BCUT2D eigenvalue weighted by Gasteiger charge is -2.27. The number of fused-ring (bicyclic) bond motifs is 3. The highest BCUT2D eigenvalue weighted by Gasteiger charge is 2.39. The summed E-state index contributed by atoms with van der Waals surface area (Å²) in [4.78, 5) is 26.5. The minimum atomic E-state index is -4.41. The molecule has 0 saturated carbocycles. The topological polar surface area (TPSA) is 85.2 Å². The van der Waals surface area contributed by atoms with E-state index in [1.807, 2.05) is 18.4 Å². The van der Waals surface area contributed by atoms with Crippen molar-refractivity contribution >= 4 is 17.9 Å². The maximum atomic E-state index is 14.0. The van der Waals surface area contributed by atoms with E-state index in [1.165, 1.54) is 36.2 Å². The molecule has 0 radical (unpaired) electrons. The lowest BCUT2D eigenvalue weighted by Crippen LogP contribution is -2.39. The van der Waals surface area contributed by atoms with Gasteiger partial charge in [-0.3, -0.25) is 4.90 Å². The molecule has 8 nitrogen and oxygen atoms in total. The van der Waals surface area contributed by atoms with E-state index in [2.05, 4.69) is 20.3 Å². The van der Waals surface area contributed by atoms with Gasteiger partial charge in [-0.2, -0.15) is 18.2 Å². The summed E-state index contributed by atoms with van der Waals surface area (Å²) >= 11 is 0. The van der Waals surface area contributed by atoms with E-state index in [4.69, 9.17) is 4.74 Å². The number of anilines is 2. The Kier molecular flexibility index (Phi) is 5.84. The number of amides is 1. The Morgan fingerprint density at radius 3 is 2.69 bits per heavy atom. The van der Waals surface area contributed by atoms with Crippen LogP contribution < -0.4 is 10.2 Å². The number of cyclic esters (lactones) is 1. The number of alkyl halides is 4. The van der Waals surface area contributed by atoms with Gasteiger partial charge in [0.15, 0.2) is 0 Å². The number of rotatable bonds is 5. The van der Waals surface area contributed by atoms with E-state index in [0.717, 1.165) is 11.8 Å². The number of hydrogen-bond donors (Lipinski definition) is 1. The predicted octanol–water partition coefficient (Wildman–Crippen LogP) is 5.20. The second kappa shape index (κ2) is 8.75. The van der Waals surface area contributed by atoms with Crippen molar-refractivity contribution in [1.29, 1.82) is 0 Å². The number of aromatic nitrogens is 4. The molecule has 12 heteroatoms. The van der Waals surface area contributed by atoms with E-state index >= 15 is 0 Å². The summed E-state index contributed by atoms with van der Waals surface area (Å²) in [5, 5.41) is 3.17. The largest absolute Gasteiger partial charge is 0.447 e. The van der Waals surface area contributed by atoms with Crippen molar-refractivity contribution in [1.82, 2.24) is 19.5 Å². The molecule has 4 atom stereocenters. The van der Waals surface area contributed by atoms with E-state index in [1.54, 1.807) is 6.33 Å². The van der Waals surface area contributed by atoms with Gasteiger partial charge in [-0.05, 0) is 56.0 Å². The summed E-state index contributed by atoms with van der Waals surface area (Å²) in [6.45, 7) is 5.04. The number of nitrogens with zero attached hydrogens (tertiary/aromatic N) is 5. The fourth-order valence-electron chi connectivity index (χ4n) is 4.76. The smallest absolute Gasteiger partial charge is 0.416 e. The Bertz CT molecular complexity index is 1310. The first-order chi connectivity index (χ1) is 17.0. The Morgan fingerprint density at radius 1 is 1.19 bits per heavy atom. The SMILES string of the molecule is CC1Cc2c([C@H](C)Nc3nccc(N4C(=O)OC[C@@H]4[C@H](C)F)n3)ncn2-c2ccc(C(F)(F)F)cc21. The van der Waals surface area contributed by atoms with Crippen molar-refractivity contribution in [2.45, 2.75) is 57.5 Å². The van der Waals surface area contributed by atoms with E-state index in [-0.39, 0.29) is 30.3 Å². The molecule has 1 N–H and O–H groups in total. The van der Waals surface area contributed by atoms with Gasteiger partial charge in [0.1, 0.15) is 24.6 Å². The van der Waals surface area contributed by atoms with Crippen molar-refractivity contribution in [2.75, 3.05) is 16.8 Å². The zero-order valence-electron chi connectivity index (χ0n) is 19.8. The van der Waals surface area contributed by atoms with Gasteiger partial charge in [0, 0.05) is 11.9 Å². The number of carbonyl (C=O) groups is 1. The van der Waals surface area contributed by atoms with Gasteiger partial charge in [0.2, 0.25) is 5.95 Å². The minimum absolute atomic E-state index is 0.0649. The summed E-state index contributed by atoms with van der Waals surface area (Å²) < 4.78 is 60.5. The normalized spacial score (nSPS) is 21.0. The average molecular weight is 504 g/mol. The lowest BCUT2D eigenvalue weighted by molar-refractivity contribution is -0.137. The molecule has 1 amide bonds. The van der Waals surface area contributed by atoms with E-state index in [9.17, 15) is 22.4 Å². The molecule has 1 unspecified atom stereocenters. The molecular formula is C24H24F4N6O2. The fourth-order valence-corrected chi connectivity index (χ4v) is 4.76. The Morgan fingerprint density at radius 2 is 1.97 bits per heavy atom. The van der Waals surface area contributed by atoms with Crippen LogP contribution in [-0.2, 0) is 17.3 Å². The molecule has 5 rings (SSSR count). The Labute approximate surface area is 204 Å². The number of nitrogens with one attached hydrogen (secondary N) is 1. The van der Waals surface area contributed by atoms with Gasteiger partial charge in [-0.25, -0.2) is 19.2 Å². The van der Waals surface area contributed by atoms with Gasteiger partial charge in [0.25, 0.3) is 0 Å². The molecule has 4 heterocycles. The maximum Gasteiger partial charge on any atom is 0.416 e. The van der Waals surface area contributed by atoms with Crippen LogP contribution in [0.2, 0.25) is 0 Å². The molecule has 2 aliphatic heterocycles. The second-order valence-electron chi connectivity index (χ2n) is 9.12. The quantitative estimate of drug-likeness (QED) is 0.481. The molecule has 0 bridgehead atoms. The number of ether oxygens (including phenoxy) is 1. The minimum Gasteiger partial charge on any atom is -0.447 e. The second-order valence-corrected chi connectivity index (χ2v) is 9.12. The van der Waals surface area contributed by atoms with Crippen LogP contribution in [-0.4, -0.2) is 44.4 Å². The van der Waals surface area contributed by atoms with Crippen molar-refractivity contribution < 1.29 is 27.1 Å². The molecule has 0 aliphatic carbocycles. The third-order valence-electron chi connectivity index (χ3n) is 6.62. The number of carbonyl (C=O) groups excluding carboxylic acids is 1. The molecule has 1 fully saturated rings. The Hall–Kier alpha value is -3.70. The first-order valence-corrected chi connectivity index (χ1v) is 11.5. The predicted molar refractivity (Wildman–Crippen MR) is 123 cm³/mol. The van der Waals surface area contributed by atoms with E-state index < -0.39 is 30.0 Å². The van der Waals surface area contributed by atoms with Gasteiger partial charge in [-0.15, -0.1) is 0 Å². The van der Waals surface area contributed by atoms with Gasteiger partial charge >= 0.3 is 12.3 Å². The number of hydrogen-bond acceptors (Lipinski definition) is 6. The highest BCUT2D eigenvalue weighted by atomic mass is 19.4. The number of imidazole rings is 1. The van der Waals surface area contributed by atoms with E-state index in [0.29, 0.717) is 23.4 Å². The van der Waals surface area contributed by atoms with Crippen LogP contribution in [0.25, 0.3) is 5.69 Å². The standard InChI is InChI=1S/C24H24F4N6O2/c1-12-8-18-21(30-11-33(18)17-5-4-15(9-16(12)17)24(26,27)28)14(3)31-22-29-7-6-20(32-22)34-19(13(2)25)10-36-23(34)35/h4-7,9,11-14,19H,8,10H2,1-3H3,(H,29,31,32)/t12?,13-,14-,19+/m0/s1. The third kappa shape index (κ3) is 4.14. The zero-order valence-corrected chi connectivity index (χ0v) is 19.8. The molecule has 36 heavy (non-hydrogen) atoms. The van der Waals surface area contributed by atoms with Crippen LogP contribution in [0.1, 0.15) is 55.2 Å². The summed E-state index contributed by atoms with van der Waals surface area (Å²) in [6, 6.07) is 4.13. The molecular weight excluding hydrogens is 480 g/mol. The van der Waals surface area contributed by atoms with Crippen molar-refractivity contribution in [2.24, 2.45) is 0 Å². The molecule has 2 aliphatic rings. The molecule has 1 saturated heterocycles. The third-order valence-corrected chi connectivity index (χ3v) is 6.62. The summed E-state index contributed by atoms with van der Waals surface area (Å²) in [5.74, 6) is 0.287. The molecule has 1 aromatic carbocycles. The highest BCUT2D eigenvalue weighted by molar-refractivity contribution is 5.89. The molecule has 0 spiro atoms. The van der Waals surface area contributed by atoms with Crippen molar-refractivity contribution in [3.8, 4) is 5.69 Å². The monoisotopic (exact) mass is 504 g/mol. The first-order valence-electron chi connectivity index (χ1n) is 11.5. The van der Waals surface area contributed by atoms with Gasteiger partial charge in [-0.1, -0.05) is 6.92 Å². The number of benzene rings is 1. The number of halogens is 4. The summed E-state index contributed by atoms with van der Waals surface area (Å²) in [7, 11) is 0. The van der Waals surface area contributed by atoms with Gasteiger partial charge in [0.05, 0.1) is 29.3 Å². The van der Waals surface area contributed by atoms with Crippen LogP contribution >= 0.6 is 0 Å².